The average Bonchev–Trinajstić information content (AvgIpc) is 2.87. The van der Waals surface area contributed by atoms with Gasteiger partial charge in [0.1, 0.15) is 24.4 Å². The Morgan fingerprint density at radius 3 is 1.39 bits per heavy atom. The van der Waals surface area contributed by atoms with Crippen molar-refractivity contribution in [1.82, 2.24) is 0 Å². The van der Waals surface area contributed by atoms with Crippen molar-refractivity contribution in [3.8, 4) is 0 Å². The molecule has 0 spiro atoms. The zero-order chi connectivity index (χ0) is 22.9. The van der Waals surface area contributed by atoms with E-state index in [-0.39, 0.29) is 13.2 Å². The van der Waals surface area contributed by atoms with Gasteiger partial charge in [-0.05, 0) is 16.7 Å². The Labute approximate surface area is 194 Å². The molecule has 0 amide bonds. The minimum Gasteiger partial charge on any atom is -0.394 e. The first-order valence-electron chi connectivity index (χ1n) is 11.2. The molecule has 1 fully saturated rings. The molecule has 3 aromatic carbocycles. The van der Waals surface area contributed by atoms with Crippen molar-refractivity contribution in [3.05, 3.63) is 108 Å². The third kappa shape index (κ3) is 6.48. The summed E-state index contributed by atoms with van der Waals surface area (Å²) in [5.41, 5.74) is 2.95. The van der Waals surface area contributed by atoms with Gasteiger partial charge in [-0.1, -0.05) is 91.0 Å². The van der Waals surface area contributed by atoms with E-state index in [0.717, 1.165) is 16.7 Å². The summed E-state index contributed by atoms with van der Waals surface area (Å²) >= 11 is 0. The average molecular weight is 451 g/mol. The molecule has 4 rings (SSSR count). The first-order chi connectivity index (χ1) is 16.2. The van der Waals surface area contributed by atoms with Gasteiger partial charge in [0.05, 0.1) is 26.4 Å². The van der Waals surface area contributed by atoms with E-state index in [9.17, 15) is 10.2 Å². The Balaban J connectivity index is 1.53. The van der Waals surface area contributed by atoms with Crippen molar-refractivity contribution in [2.75, 3.05) is 6.61 Å². The van der Waals surface area contributed by atoms with Crippen molar-refractivity contribution < 1.29 is 29.2 Å². The SMILES string of the molecule is OC[C@@H]1OC(O)[C@H](OCc2ccccc2)[C@@H](OCc2ccccc2)[C@H]1OCc1ccccc1. The molecule has 5 atom stereocenters. The Bertz CT molecular complexity index is 937. The van der Waals surface area contributed by atoms with E-state index in [0.29, 0.717) is 13.2 Å². The van der Waals surface area contributed by atoms with Crippen molar-refractivity contribution in [1.29, 1.82) is 0 Å². The highest BCUT2D eigenvalue weighted by molar-refractivity contribution is 5.15. The summed E-state index contributed by atoms with van der Waals surface area (Å²) in [6.07, 6.45) is -4.09. The van der Waals surface area contributed by atoms with Gasteiger partial charge in [0, 0.05) is 0 Å². The highest BCUT2D eigenvalue weighted by Gasteiger charge is 2.47. The van der Waals surface area contributed by atoms with E-state index in [4.69, 9.17) is 18.9 Å². The van der Waals surface area contributed by atoms with Gasteiger partial charge >= 0.3 is 0 Å². The van der Waals surface area contributed by atoms with Gasteiger partial charge in [-0.3, -0.25) is 0 Å². The van der Waals surface area contributed by atoms with E-state index < -0.39 is 30.7 Å². The van der Waals surface area contributed by atoms with Crippen LogP contribution in [0.1, 0.15) is 16.7 Å². The number of ether oxygens (including phenoxy) is 4. The predicted octanol–water partition coefficient (Wildman–Crippen LogP) is 3.45. The normalized spacial score (nSPS) is 25.1. The molecule has 0 saturated carbocycles. The fourth-order valence-corrected chi connectivity index (χ4v) is 3.91. The Hall–Kier alpha value is -2.58. The molecular formula is C27H30O6. The second kappa shape index (κ2) is 12.0. The van der Waals surface area contributed by atoms with Crippen LogP contribution < -0.4 is 0 Å². The van der Waals surface area contributed by atoms with Crippen LogP contribution >= 0.6 is 0 Å². The van der Waals surface area contributed by atoms with Crippen LogP contribution in [0.5, 0.6) is 0 Å². The second-order valence-corrected chi connectivity index (χ2v) is 8.03. The highest BCUT2D eigenvalue weighted by atomic mass is 16.7. The second-order valence-electron chi connectivity index (χ2n) is 8.03. The molecule has 33 heavy (non-hydrogen) atoms. The maximum absolute atomic E-state index is 10.7. The Morgan fingerprint density at radius 1 is 0.576 bits per heavy atom. The van der Waals surface area contributed by atoms with Crippen LogP contribution in [0.25, 0.3) is 0 Å². The number of hydrogen-bond donors (Lipinski definition) is 2. The van der Waals surface area contributed by atoms with Crippen molar-refractivity contribution in [2.45, 2.75) is 50.5 Å². The zero-order valence-electron chi connectivity index (χ0n) is 18.4. The van der Waals surface area contributed by atoms with Crippen LogP contribution in [-0.2, 0) is 38.8 Å². The largest absolute Gasteiger partial charge is 0.394 e. The van der Waals surface area contributed by atoms with Crippen molar-refractivity contribution >= 4 is 0 Å². The first kappa shape index (κ1) is 23.6. The summed E-state index contributed by atoms with van der Waals surface area (Å²) < 4.78 is 24.3. The topological polar surface area (TPSA) is 77.4 Å². The Kier molecular flexibility index (Phi) is 8.60. The molecule has 0 radical (unpaired) electrons. The van der Waals surface area contributed by atoms with Crippen LogP contribution in [0.4, 0.5) is 0 Å². The third-order valence-corrected chi connectivity index (χ3v) is 5.65. The summed E-state index contributed by atoms with van der Waals surface area (Å²) in [5.74, 6) is 0. The summed E-state index contributed by atoms with van der Waals surface area (Å²) in [6.45, 7) is 0.601. The number of benzene rings is 3. The first-order valence-corrected chi connectivity index (χ1v) is 11.2. The van der Waals surface area contributed by atoms with Crippen molar-refractivity contribution in [3.63, 3.8) is 0 Å². The van der Waals surface area contributed by atoms with Crippen molar-refractivity contribution in [2.24, 2.45) is 0 Å². The molecule has 174 valence electrons. The molecule has 1 aliphatic heterocycles. The molecule has 1 unspecified atom stereocenters. The Morgan fingerprint density at radius 2 is 0.970 bits per heavy atom. The quantitative estimate of drug-likeness (QED) is 0.493. The molecule has 2 N–H and O–H groups in total. The van der Waals surface area contributed by atoms with E-state index in [1.54, 1.807) is 0 Å². The smallest absolute Gasteiger partial charge is 0.184 e. The van der Waals surface area contributed by atoms with Crippen LogP contribution in [-0.4, -0.2) is 47.5 Å². The molecule has 1 aliphatic rings. The molecule has 0 aromatic heterocycles. The minimum atomic E-state index is -1.26. The number of rotatable bonds is 10. The zero-order valence-corrected chi connectivity index (χ0v) is 18.4. The van der Waals surface area contributed by atoms with Crippen LogP contribution in [0, 0.1) is 0 Å². The molecule has 3 aromatic rings. The fourth-order valence-electron chi connectivity index (χ4n) is 3.91. The minimum absolute atomic E-state index is 0.284. The maximum Gasteiger partial charge on any atom is 0.184 e. The van der Waals surface area contributed by atoms with Crippen LogP contribution in [0.2, 0.25) is 0 Å². The number of hydrogen-bond acceptors (Lipinski definition) is 6. The lowest BCUT2D eigenvalue weighted by molar-refractivity contribution is -0.315. The molecule has 6 heteroatoms. The van der Waals surface area contributed by atoms with Gasteiger partial charge < -0.3 is 29.2 Å². The van der Waals surface area contributed by atoms with E-state index in [1.165, 1.54) is 0 Å². The van der Waals surface area contributed by atoms with Gasteiger partial charge in [-0.25, -0.2) is 0 Å². The monoisotopic (exact) mass is 450 g/mol. The van der Waals surface area contributed by atoms with Gasteiger partial charge in [0.2, 0.25) is 0 Å². The molecule has 0 bridgehead atoms. The highest BCUT2D eigenvalue weighted by Crippen LogP contribution is 2.29. The lowest BCUT2D eigenvalue weighted by Gasteiger charge is -2.44. The lowest BCUT2D eigenvalue weighted by Crippen LogP contribution is -2.61. The third-order valence-electron chi connectivity index (χ3n) is 5.65. The standard InChI is InChI=1S/C27H30O6/c28-16-23-24(30-17-20-10-4-1-5-11-20)25(31-18-21-12-6-2-7-13-21)26(27(29)33-23)32-19-22-14-8-3-9-15-22/h1-15,23-29H,16-19H2/t23-,24-,25-,26+,27?/m0/s1. The summed E-state index contributed by atoms with van der Waals surface area (Å²) in [7, 11) is 0. The van der Waals surface area contributed by atoms with Gasteiger partial charge in [-0.2, -0.15) is 0 Å². The summed E-state index contributed by atoms with van der Waals surface area (Å²) in [5, 5.41) is 20.7. The molecule has 6 nitrogen and oxygen atoms in total. The van der Waals surface area contributed by atoms with Gasteiger partial charge in [-0.15, -0.1) is 0 Å². The van der Waals surface area contributed by atoms with E-state index in [2.05, 4.69) is 0 Å². The number of aliphatic hydroxyl groups excluding tert-OH is 2. The van der Waals surface area contributed by atoms with Crippen LogP contribution in [0.15, 0.2) is 91.0 Å². The summed E-state index contributed by atoms with van der Waals surface area (Å²) in [4.78, 5) is 0. The molecule has 1 saturated heterocycles. The predicted molar refractivity (Wildman–Crippen MR) is 123 cm³/mol. The van der Waals surface area contributed by atoms with Crippen LogP contribution in [0.3, 0.4) is 0 Å². The van der Waals surface area contributed by atoms with Gasteiger partial charge in [0.15, 0.2) is 6.29 Å². The van der Waals surface area contributed by atoms with Gasteiger partial charge in [0.25, 0.3) is 0 Å². The molecule has 0 aliphatic carbocycles. The number of aliphatic hydroxyl groups is 2. The fraction of sp³-hybridized carbons (Fsp3) is 0.333. The maximum atomic E-state index is 10.7. The molecule has 1 heterocycles. The lowest BCUT2D eigenvalue weighted by atomic mass is 9.98. The van der Waals surface area contributed by atoms with E-state index >= 15 is 0 Å². The van der Waals surface area contributed by atoms with E-state index in [1.807, 2.05) is 91.0 Å². The molecular weight excluding hydrogens is 420 g/mol. The summed E-state index contributed by atoms with van der Waals surface area (Å²) in [6, 6.07) is 29.3.